The molecule has 0 atom stereocenters. The first-order chi connectivity index (χ1) is 17.5. The summed E-state index contributed by atoms with van der Waals surface area (Å²) in [5.74, 6) is -1.13. The van der Waals surface area contributed by atoms with Crippen molar-refractivity contribution in [3.63, 3.8) is 0 Å². The Morgan fingerprint density at radius 2 is 1.56 bits per heavy atom. The van der Waals surface area contributed by atoms with E-state index in [2.05, 4.69) is 9.97 Å². The van der Waals surface area contributed by atoms with Gasteiger partial charge in [0.1, 0.15) is 17.1 Å². The Hall–Kier alpha value is -4.60. The fourth-order valence-electron chi connectivity index (χ4n) is 4.26. The normalized spacial score (nSPS) is 13.6. The number of hydrogen-bond acceptors (Lipinski definition) is 6. The van der Waals surface area contributed by atoms with Crippen molar-refractivity contribution in [1.29, 1.82) is 0 Å². The molecule has 1 saturated heterocycles. The predicted octanol–water partition coefficient (Wildman–Crippen LogP) is 2.53. The number of piperazine rings is 1. The lowest BCUT2D eigenvalue weighted by atomic mass is 10.1. The number of pyridine rings is 1. The molecule has 0 radical (unpaired) electrons. The molecule has 0 aliphatic carbocycles. The lowest BCUT2D eigenvalue weighted by Crippen LogP contribution is -2.51. The highest BCUT2D eigenvalue weighted by atomic mass is 19.1. The molecule has 4 aromatic rings. The second-order valence-electron chi connectivity index (χ2n) is 8.18. The third kappa shape index (κ3) is 4.06. The van der Waals surface area contributed by atoms with E-state index in [4.69, 9.17) is 4.74 Å². The first kappa shape index (κ1) is 23.2. The zero-order chi connectivity index (χ0) is 25.2. The third-order valence-electron chi connectivity index (χ3n) is 6.10. The topological polar surface area (TPSA) is 97.6 Å². The summed E-state index contributed by atoms with van der Waals surface area (Å²) in [7, 11) is 1.49. The van der Waals surface area contributed by atoms with Crippen LogP contribution in [0.25, 0.3) is 16.9 Å². The summed E-state index contributed by atoms with van der Waals surface area (Å²) in [5.41, 5.74) is 0.213. The van der Waals surface area contributed by atoms with E-state index in [1.54, 1.807) is 48.7 Å². The molecule has 0 spiro atoms. The van der Waals surface area contributed by atoms with E-state index in [-0.39, 0.29) is 37.4 Å². The van der Waals surface area contributed by atoms with Gasteiger partial charge in [0.05, 0.1) is 18.4 Å². The Kier molecular flexibility index (Phi) is 6.16. The lowest BCUT2D eigenvalue weighted by Gasteiger charge is -2.34. The molecule has 0 saturated carbocycles. The van der Waals surface area contributed by atoms with Crippen molar-refractivity contribution < 1.29 is 18.7 Å². The van der Waals surface area contributed by atoms with Gasteiger partial charge in [-0.3, -0.25) is 19.0 Å². The minimum Gasteiger partial charge on any atom is -0.495 e. The standard InChI is InChI=1S/C26H22FN5O4/c1-36-21-11-5-4-10-20(21)32-23-19(9-6-12-28-23)29-22(26(32)35)25(34)31-15-13-30(14-16-31)24(33)17-7-2-3-8-18(17)27/h2-12H,13-16H2,1H3. The van der Waals surface area contributed by atoms with Gasteiger partial charge in [-0.05, 0) is 36.4 Å². The quantitative estimate of drug-likeness (QED) is 0.439. The van der Waals surface area contributed by atoms with Gasteiger partial charge in [-0.2, -0.15) is 0 Å². The van der Waals surface area contributed by atoms with Gasteiger partial charge in [-0.15, -0.1) is 0 Å². The minimum atomic E-state index is -0.624. The molecule has 2 aromatic heterocycles. The fraction of sp³-hybridized carbons (Fsp3) is 0.192. The molecule has 182 valence electrons. The molecular formula is C26H22FN5O4. The maximum atomic E-state index is 14.1. The number of carbonyl (C=O) groups excluding carboxylic acids is 2. The molecule has 5 rings (SSSR count). The van der Waals surface area contributed by atoms with Gasteiger partial charge >= 0.3 is 0 Å². The second-order valence-corrected chi connectivity index (χ2v) is 8.18. The van der Waals surface area contributed by atoms with Gasteiger partial charge in [-0.25, -0.2) is 14.4 Å². The Morgan fingerprint density at radius 3 is 2.28 bits per heavy atom. The smallest absolute Gasteiger partial charge is 0.288 e. The van der Waals surface area contributed by atoms with Crippen molar-refractivity contribution in [3.05, 3.63) is 94.3 Å². The molecule has 2 aromatic carbocycles. The number of nitrogens with zero attached hydrogens (tertiary/aromatic N) is 5. The number of amides is 2. The Bertz CT molecular complexity index is 1530. The minimum absolute atomic E-state index is 0.0133. The summed E-state index contributed by atoms with van der Waals surface area (Å²) in [4.78, 5) is 51.4. The molecule has 9 nitrogen and oxygen atoms in total. The van der Waals surface area contributed by atoms with E-state index in [0.29, 0.717) is 22.6 Å². The van der Waals surface area contributed by atoms with E-state index in [1.807, 2.05) is 0 Å². The van der Waals surface area contributed by atoms with Crippen molar-refractivity contribution in [2.24, 2.45) is 0 Å². The van der Waals surface area contributed by atoms with E-state index < -0.39 is 23.2 Å². The monoisotopic (exact) mass is 487 g/mol. The summed E-state index contributed by atoms with van der Waals surface area (Å²) in [6.07, 6.45) is 1.54. The molecule has 36 heavy (non-hydrogen) atoms. The first-order valence-corrected chi connectivity index (χ1v) is 11.3. The number of ether oxygens (including phenoxy) is 1. The maximum absolute atomic E-state index is 14.1. The number of fused-ring (bicyclic) bond motifs is 1. The molecule has 1 fully saturated rings. The molecule has 0 unspecified atom stereocenters. The second kappa shape index (κ2) is 9.57. The van der Waals surface area contributed by atoms with Crippen LogP contribution in [0.4, 0.5) is 4.39 Å². The highest BCUT2D eigenvalue weighted by Gasteiger charge is 2.30. The van der Waals surface area contributed by atoms with Crippen LogP contribution in [0.1, 0.15) is 20.8 Å². The average molecular weight is 487 g/mol. The van der Waals surface area contributed by atoms with Crippen molar-refractivity contribution in [1.82, 2.24) is 24.3 Å². The molecular weight excluding hydrogens is 465 g/mol. The van der Waals surface area contributed by atoms with Crippen LogP contribution in [-0.2, 0) is 0 Å². The molecule has 0 N–H and O–H groups in total. The van der Waals surface area contributed by atoms with E-state index in [9.17, 15) is 18.8 Å². The van der Waals surface area contributed by atoms with E-state index >= 15 is 0 Å². The molecule has 1 aliphatic rings. The number of para-hydroxylation sites is 2. The van der Waals surface area contributed by atoms with E-state index in [0.717, 1.165) is 0 Å². The Morgan fingerprint density at radius 1 is 0.889 bits per heavy atom. The average Bonchev–Trinajstić information content (AvgIpc) is 2.92. The lowest BCUT2D eigenvalue weighted by molar-refractivity contribution is 0.0528. The Balaban J connectivity index is 1.46. The number of rotatable bonds is 4. The Labute approximate surface area is 205 Å². The number of aromatic nitrogens is 3. The molecule has 1 aliphatic heterocycles. The van der Waals surface area contributed by atoms with Gasteiger partial charge in [-0.1, -0.05) is 24.3 Å². The number of benzene rings is 2. The summed E-state index contributed by atoms with van der Waals surface area (Å²) in [6.45, 7) is 0.767. The van der Waals surface area contributed by atoms with Crippen molar-refractivity contribution in [2.45, 2.75) is 0 Å². The predicted molar refractivity (Wildman–Crippen MR) is 130 cm³/mol. The zero-order valence-electron chi connectivity index (χ0n) is 19.4. The van der Waals surface area contributed by atoms with Crippen molar-refractivity contribution in [3.8, 4) is 11.4 Å². The van der Waals surface area contributed by atoms with Crippen molar-refractivity contribution in [2.75, 3.05) is 33.3 Å². The van der Waals surface area contributed by atoms with Crippen LogP contribution in [0.15, 0.2) is 71.7 Å². The summed E-state index contributed by atoms with van der Waals surface area (Å²) >= 11 is 0. The highest BCUT2D eigenvalue weighted by molar-refractivity contribution is 5.96. The van der Waals surface area contributed by atoms with Gasteiger partial charge in [0.25, 0.3) is 17.4 Å². The third-order valence-corrected chi connectivity index (χ3v) is 6.10. The number of hydrogen-bond donors (Lipinski definition) is 0. The van der Waals surface area contributed by atoms with Crippen LogP contribution in [-0.4, -0.2) is 69.4 Å². The first-order valence-electron chi connectivity index (χ1n) is 11.3. The summed E-state index contributed by atoms with van der Waals surface area (Å²) in [6, 6.07) is 16.1. The largest absolute Gasteiger partial charge is 0.495 e. The SMILES string of the molecule is COc1ccccc1-n1c(=O)c(C(=O)N2CCN(C(=O)c3ccccc3F)CC2)nc2cccnc21. The molecule has 2 amide bonds. The summed E-state index contributed by atoms with van der Waals surface area (Å²) in [5, 5.41) is 0. The van der Waals surface area contributed by atoms with Gasteiger partial charge in [0, 0.05) is 32.4 Å². The van der Waals surface area contributed by atoms with Gasteiger partial charge in [0.2, 0.25) is 0 Å². The molecule has 10 heteroatoms. The summed E-state index contributed by atoms with van der Waals surface area (Å²) < 4.78 is 20.8. The van der Waals surface area contributed by atoms with Crippen LogP contribution in [0, 0.1) is 5.82 Å². The van der Waals surface area contributed by atoms with Crippen LogP contribution >= 0.6 is 0 Å². The maximum Gasteiger partial charge on any atom is 0.288 e. The number of carbonyl (C=O) groups is 2. The van der Waals surface area contributed by atoms with Crippen LogP contribution in [0.2, 0.25) is 0 Å². The van der Waals surface area contributed by atoms with Gasteiger partial charge < -0.3 is 14.5 Å². The molecule has 3 heterocycles. The zero-order valence-corrected chi connectivity index (χ0v) is 19.4. The highest BCUT2D eigenvalue weighted by Crippen LogP contribution is 2.24. The van der Waals surface area contributed by atoms with Crippen LogP contribution < -0.4 is 10.3 Å². The number of methoxy groups -OCH3 is 1. The van der Waals surface area contributed by atoms with Gasteiger partial charge in [0.15, 0.2) is 11.3 Å². The fourth-order valence-corrected chi connectivity index (χ4v) is 4.26. The van der Waals surface area contributed by atoms with Crippen LogP contribution in [0.3, 0.4) is 0 Å². The van der Waals surface area contributed by atoms with Crippen LogP contribution in [0.5, 0.6) is 5.75 Å². The molecule has 0 bridgehead atoms. The van der Waals surface area contributed by atoms with E-state index in [1.165, 1.54) is 39.7 Å². The number of halogens is 1. The van der Waals surface area contributed by atoms with Crippen molar-refractivity contribution >= 4 is 23.0 Å².